The smallest absolute Gasteiger partial charge is 0.419 e. The van der Waals surface area contributed by atoms with Gasteiger partial charge in [-0.1, -0.05) is 12.1 Å². The van der Waals surface area contributed by atoms with E-state index < -0.39 is 23.5 Å². The Bertz CT molecular complexity index is 1360. The van der Waals surface area contributed by atoms with Gasteiger partial charge in [0, 0.05) is 21.1 Å². The maximum Gasteiger partial charge on any atom is 0.419 e. The Labute approximate surface area is 193 Å². The van der Waals surface area contributed by atoms with E-state index in [0.717, 1.165) is 27.5 Å². The van der Waals surface area contributed by atoms with Gasteiger partial charge in [0.25, 0.3) is 0 Å². The number of alkyl halides is 3. The summed E-state index contributed by atoms with van der Waals surface area (Å²) < 4.78 is 58.0. The van der Waals surface area contributed by atoms with E-state index in [2.05, 4.69) is 9.97 Å². The van der Waals surface area contributed by atoms with Gasteiger partial charge in [0.05, 0.1) is 11.3 Å². The van der Waals surface area contributed by atoms with Crippen LogP contribution in [0.1, 0.15) is 27.6 Å². The molecule has 0 unspecified atom stereocenters. The number of hydrogen-bond acceptors (Lipinski definition) is 6. The second kappa shape index (κ2) is 8.79. The number of aromatic nitrogens is 2. The molecule has 2 aromatic heterocycles. The first-order chi connectivity index (χ1) is 15.5. The summed E-state index contributed by atoms with van der Waals surface area (Å²) in [6.07, 6.45) is -5.08. The zero-order chi connectivity index (χ0) is 23.9. The van der Waals surface area contributed by atoms with E-state index in [9.17, 15) is 22.4 Å². The SMILES string of the molecule is Cc1nc(-c2ccc(C(F)(F)F)c(F)c2)sc1CSc1ccc(C)c2oc(CC(=O)O)nc12. The zero-order valence-electron chi connectivity index (χ0n) is 17.3. The molecule has 0 aliphatic carbocycles. The maximum absolute atomic E-state index is 14.0. The molecular weight excluding hydrogens is 480 g/mol. The van der Waals surface area contributed by atoms with Gasteiger partial charge in [-0.25, -0.2) is 14.4 Å². The Kier molecular flexibility index (Phi) is 6.19. The molecular formula is C22H16F4N2O3S2. The lowest BCUT2D eigenvalue weighted by molar-refractivity contribution is -0.140. The van der Waals surface area contributed by atoms with Crippen LogP contribution in [0.5, 0.6) is 0 Å². The van der Waals surface area contributed by atoms with Crippen LogP contribution < -0.4 is 0 Å². The van der Waals surface area contributed by atoms with E-state index in [1.54, 1.807) is 6.92 Å². The topological polar surface area (TPSA) is 76.2 Å². The molecule has 0 aliphatic heterocycles. The number of oxazole rings is 1. The summed E-state index contributed by atoms with van der Waals surface area (Å²) in [5.41, 5.74) is 1.59. The third-order valence-corrected chi connectivity index (χ3v) is 7.29. The van der Waals surface area contributed by atoms with Gasteiger partial charge >= 0.3 is 12.1 Å². The molecule has 2 aromatic carbocycles. The predicted octanol–water partition coefficient (Wildman–Crippen LogP) is 6.65. The quantitative estimate of drug-likeness (QED) is 0.238. The average Bonchev–Trinajstić information content (AvgIpc) is 3.30. The Morgan fingerprint density at radius 1 is 1.18 bits per heavy atom. The normalized spacial score (nSPS) is 11.9. The van der Waals surface area contributed by atoms with Crippen molar-refractivity contribution in [3.63, 3.8) is 0 Å². The zero-order valence-corrected chi connectivity index (χ0v) is 18.9. The molecule has 33 heavy (non-hydrogen) atoms. The Morgan fingerprint density at radius 2 is 1.94 bits per heavy atom. The highest BCUT2D eigenvalue weighted by molar-refractivity contribution is 7.98. The Hall–Kier alpha value is -2.92. The lowest BCUT2D eigenvalue weighted by Gasteiger charge is -2.08. The molecule has 0 bridgehead atoms. The monoisotopic (exact) mass is 496 g/mol. The fraction of sp³-hybridized carbons (Fsp3) is 0.227. The van der Waals surface area contributed by atoms with Crippen molar-refractivity contribution in [2.45, 2.75) is 37.1 Å². The molecule has 4 aromatic rings. The highest BCUT2D eigenvalue weighted by atomic mass is 32.2. The first-order valence-corrected chi connectivity index (χ1v) is 11.4. The van der Waals surface area contributed by atoms with E-state index in [-0.39, 0.29) is 17.9 Å². The van der Waals surface area contributed by atoms with Crippen LogP contribution in [0.3, 0.4) is 0 Å². The molecule has 0 atom stereocenters. The summed E-state index contributed by atoms with van der Waals surface area (Å²) in [5.74, 6) is -1.77. The van der Waals surface area contributed by atoms with E-state index in [4.69, 9.17) is 9.52 Å². The molecule has 0 spiro atoms. The number of aryl methyl sites for hydroxylation is 2. The number of nitrogens with zero attached hydrogens (tertiary/aromatic N) is 2. The predicted molar refractivity (Wildman–Crippen MR) is 117 cm³/mol. The van der Waals surface area contributed by atoms with E-state index in [1.165, 1.54) is 29.2 Å². The summed E-state index contributed by atoms with van der Waals surface area (Å²) in [6.45, 7) is 3.62. The molecule has 0 aliphatic rings. The number of fused-ring (bicyclic) bond motifs is 1. The first kappa shape index (κ1) is 23.2. The van der Waals surface area contributed by atoms with Crippen molar-refractivity contribution in [1.82, 2.24) is 9.97 Å². The third kappa shape index (κ3) is 4.88. The lowest BCUT2D eigenvalue weighted by atomic mass is 10.1. The number of hydrogen-bond donors (Lipinski definition) is 1. The second-order valence-corrected chi connectivity index (χ2v) is 9.35. The Morgan fingerprint density at radius 3 is 2.61 bits per heavy atom. The van der Waals surface area contributed by atoms with Gasteiger partial charge in [0.1, 0.15) is 22.8 Å². The van der Waals surface area contributed by atoms with Gasteiger partial charge in [0.15, 0.2) is 5.58 Å². The van der Waals surface area contributed by atoms with Gasteiger partial charge in [-0.2, -0.15) is 13.2 Å². The van der Waals surface area contributed by atoms with Crippen molar-refractivity contribution in [3.8, 4) is 10.6 Å². The fourth-order valence-corrected chi connectivity index (χ4v) is 5.38. The Balaban J connectivity index is 1.58. The van der Waals surface area contributed by atoms with E-state index >= 15 is 0 Å². The molecule has 4 rings (SSSR count). The van der Waals surface area contributed by atoms with Crippen LogP contribution in [-0.4, -0.2) is 21.0 Å². The van der Waals surface area contributed by atoms with Crippen molar-refractivity contribution < 1.29 is 31.9 Å². The van der Waals surface area contributed by atoms with Gasteiger partial charge in [-0.05, 0) is 37.6 Å². The van der Waals surface area contributed by atoms with E-state index in [0.29, 0.717) is 27.6 Å². The number of carbonyl (C=O) groups is 1. The minimum atomic E-state index is -4.76. The number of halogens is 4. The summed E-state index contributed by atoms with van der Waals surface area (Å²) in [7, 11) is 0. The number of carboxylic acid groups (broad SMARTS) is 1. The average molecular weight is 497 g/mol. The summed E-state index contributed by atoms with van der Waals surface area (Å²) >= 11 is 2.73. The van der Waals surface area contributed by atoms with Gasteiger partial charge in [0.2, 0.25) is 5.89 Å². The largest absolute Gasteiger partial charge is 0.481 e. The molecule has 0 fully saturated rings. The highest BCUT2D eigenvalue weighted by Crippen LogP contribution is 2.38. The fourth-order valence-electron chi connectivity index (χ4n) is 3.18. The minimum Gasteiger partial charge on any atom is -0.481 e. The number of thiazole rings is 1. The number of aliphatic carboxylic acids is 1. The van der Waals surface area contributed by atoms with Gasteiger partial charge in [-0.3, -0.25) is 4.79 Å². The summed E-state index contributed by atoms with van der Waals surface area (Å²) in [4.78, 5) is 21.4. The highest BCUT2D eigenvalue weighted by Gasteiger charge is 2.34. The standard InChI is InChI=1S/C22H16F4N2O3S2/c1-10-3-6-15(19-20(10)31-17(28-19)8-18(29)30)32-9-16-11(2)27-21(33-16)12-4-5-13(14(23)7-12)22(24,25)26/h3-7H,8-9H2,1-2H3,(H,29,30). The molecule has 2 heterocycles. The van der Waals surface area contributed by atoms with Crippen molar-refractivity contribution in [3.05, 3.63) is 63.7 Å². The molecule has 11 heteroatoms. The number of carboxylic acids is 1. The molecule has 5 nitrogen and oxygen atoms in total. The third-order valence-electron chi connectivity index (χ3n) is 4.82. The van der Waals surface area contributed by atoms with Crippen LogP contribution in [0.4, 0.5) is 17.6 Å². The minimum absolute atomic E-state index is 0.120. The summed E-state index contributed by atoms with van der Waals surface area (Å²) in [5, 5.41) is 9.42. The summed E-state index contributed by atoms with van der Waals surface area (Å²) in [6, 6.07) is 6.51. The number of rotatable bonds is 6. The van der Waals surface area contributed by atoms with Crippen molar-refractivity contribution in [1.29, 1.82) is 0 Å². The van der Waals surface area contributed by atoms with E-state index in [1.807, 2.05) is 19.1 Å². The van der Waals surface area contributed by atoms with Gasteiger partial charge in [-0.15, -0.1) is 23.1 Å². The second-order valence-electron chi connectivity index (χ2n) is 7.25. The van der Waals surface area contributed by atoms with Crippen molar-refractivity contribution >= 4 is 40.2 Å². The molecule has 1 N–H and O–H groups in total. The molecule has 0 radical (unpaired) electrons. The van der Waals surface area contributed by atoms with Crippen LogP contribution >= 0.6 is 23.1 Å². The maximum atomic E-state index is 14.0. The lowest BCUT2D eigenvalue weighted by Crippen LogP contribution is -2.07. The number of thioether (sulfide) groups is 1. The molecule has 0 amide bonds. The van der Waals surface area contributed by atoms with Crippen LogP contribution in [-0.2, 0) is 23.1 Å². The van der Waals surface area contributed by atoms with Gasteiger partial charge < -0.3 is 9.52 Å². The van der Waals surface area contributed by atoms with Crippen LogP contribution in [0, 0.1) is 19.7 Å². The van der Waals surface area contributed by atoms with Crippen molar-refractivity contribution in [2.75, 3.05) is 0 Å². The number of benzene rings is 2. The van der Waals surface area contributed by atoms with Crippen LogP contribution in [0.2, 0.25) is 0 Å². The molecule has 0 saturated heterocycles. The van der Waals surface area contributed by atoms with Crippen LogP contribution in [0.15, 0.2) is 39.6 Å². The first-order valence-electron chi connectivity index (χ1n) is 9.60. The van der Waals surface area contributed by atoms with Crippen LogP contribution in [0.25, 0.3) is 21.7 Å². The molecule has 0 saturated carbocycles. The van der Waals surface area contributed by atoms with Crippen molar-refractivity contribution in [2.24, 2.45) is 0 Å². The molecule has 172 valence electrons.